The molecule has 0 fully saturated rings. The van der Waals surface area contributed by atoms with Crippen LogP contribution in [0.15, 0.2) is 53.9 Å². The third-order valence-electron chi connectivity index (χ3n) is 5.05. The highest BCUT2D eigenvalue weighted by molar-refractivity contribution is 7.09. The van der Waals surface area contributed by atoms with E-state index in [0.29, 0.717) is 31.4 Å². The number of aliphatic hydroxyl groups excluding tert-OH is 1. The molecule has 8 heteroatoms. The smallest absolute Gasteiger partial charge is 0.389 e. The zero-order chi connectivity index (χ0) is 25.0. The molecule has 0 spiro atoms. The van der Waals surface area contributed by atoms with Crippen LogP contribution in [0.3, 0.4) is 0 Å². The number of ketones is 1. The number of thiazole rings is 1. The van der Waals surface area contributed by atoms with Crippen molar-refractivity contribution in [3.8, 4) is 0 Å². The molecule has 1 heterocycles. The van der Waals surface area contributed by atoms with Crippen molar-refractivity contribution in [2.75, 3.05) is 11.9 Å². The molecule has 0 saturated carbocycles. The number of alkyl halides is 3. The number of nitrogens with zero attached hydrogens (tertiary/aromatic N) is 1. The standard InChI is InChI=1S/C20H22F3NO.C6H9NOS/c1-15(25)17-11-9-16(10-12-17)14-24-19-8-3-2-6-18(19)7-4-5-13-20(21,22)23;1-5-7-6(2-3-8)4-9-5/h2-3,6,8-12,24H,4-5,7,13-14H2,1H3;4,8H,2-3H2,1H3. The van der Waals surface area contributed by atoms with Gasteiger partial charge in [0.15, 0.2) is 5.78 Å². The molecule has 0 amide bonds. The topological polar surface area (TPSA) is 62.2 Å². The summed E-state index contributed by atoms with van der Waals surface area (Å²) in [4.78, 5) is 15.4. The third-order valence-corrected chi connectivity index (χ3v) is 5.87. The molecule has 3 rings (SSSR count). The Morgan fingerprint density at radius 2 is 1.76 bits per heavy atom. The largest absolute Gasteiger partial charge is 0.396 e. The maximum Gasteiger partial charge on any atom is 0.389 e. The molecule has 3 aromatic rings. The lowest BCUT2D eigenvalue weighted by Crippen LogP contribution is -2.07. The first-order valence-electron chi connectivity index (χ1n) is 11.2. The zero-order valence-corrected chi connectivity index (χ0v) is 20.3. The van der Waals surface area contributed by atoms with Crippen LogP contribution in [-0.2, 0) is 19.4 Å². The number of rotatable bonds is 10. The Kier molecular flexibility index (Phi) is 11.2. The molecule has 0 bridgehead atoms. The third kappa shape index (κ3) is 10.5. The van der Waals surface area contributed by atoms with Crippen molar-refractivity contribution in [1.82, 2.24) is 4.98 Å². The van der Waals surface area contributed by atoms with E-state index in [1.54, 1.807) is 23.5 Å². The Hall–Kier alpha value is -2.71. The minimum Gasteiger partial charge on any atom is -0.396 e. The van der Waals surface area contributed by atoms with Gasteiger partial charge in [-0.1, -0.05) is 42.5 Å². The van der Waals surface area contributed by atoms with Crippen LogP contribution in [0.1, 0.15) is 58.4 Å². The molecular formula is C26H31F3N2O2S. The molecule has 1 aromatic heterocycles. The molecule has 0 atom stereocenters. The van der Waals surface area contributed by atoms with Gasteiger partial charge in [-0.2, -0.15) is 13.2 Å². The van der Waals surface area contributed by atoms with Crippen LogP contribution in [0, 0.1) is 6.92 Å². The first-order chi connectivity index (χ1) is 16.2. The number of unbranched alkanes of at least 4 members (excludes halogenated alkanes) is 1. The lowest BCUT2D eigenvalue weighted by atomic mass is 10.0. The van der Waals surface area contributed by atoms with Crippen LogP contribution < -0.4 is 5.32 Å². The molecular weight excluding hydrogens is 461 g/mol. The fourth-order valence-electron chi connectivity index (χ4n) is 3.24. The van der Waals surface area contributed by atoms with Gasteiger partial charge in [0, 0.05) is 42.6 Å². The molecule has 34 heavy (non-hydrogen) atoms. The molecule has 0 radical (unpaired) electrons. The number of halogens is 3. The monoisotopic (exact) mass is 492 g/mol. The van der Waals surface area contributed by atoms with E-state index >= 15 is 0 Å². The normalized spacial score (nSPS) is 11.0. The van der Waals surface area contributed by atoms with Gasteiger partial charge in [0.1, 0.15) is 0 Å². The Labute approximate surface area is 202 Å². The summed E-state index contributed by atoms with van der Waals surface area (Å²) in [5.41, 5.74) is 4.67. The number of para-hydroxylation sites is 1. The van der Waals surface area contributed by atoms with Gasteiger partial charge in [-0.3, -0.25) is 4.79 Å². The van der Waals surface area contributed by atoms with Crippen LogP contribution in [0.25, 0.3) is 0 Å². The van der Waals surface area contributed by atoms with Crippen molar-refractivity contribution < 1.29 is 23.1 Å². The fraction of sp³-hybridized carbons (Fsp3) is 0.385. The summed E-state index contributed by atoms with van der Waals surface area (Å²) in [7, 11) is 0. The molecule has 0 aliphatic rings. The van der Waals surface area contributed by atoms with E-state index in [1.165, 1.54) is 6.92 Å². The van der Waals surface area contributed by atoms with Crippen molar-refractivity contribution in [2.45, 2.75) is 58.7 Å². The average molecular weight is 493 g/mol. The van der Waals surface area contributed by atoms with E-state index in [0.717, 1.165) is 27.5 Å². The molecule has 184 valence electrons. The Balaban J connectivity index is 0.000000379. The number of aryl methyl sites for hydroxylation is 2. The first-order valence-corrected chi connectivity index (χ1v) is 12.1. The van der Waals surface area contributed by atoms with Crippen molar-refractivity contribution in [1.29, 1.82) is 0 Å². The first kappa shape index (κ1) is 27.5. The van der Waals surface area contributed by atoms with Crippen molar-refractivity contribution in [3.05, 3.63) is 81.3 Å². The van der Waals surface area contributed by atoms with Gasteiger partial charge < -0.3 is 10.4 Å². The summed E-state index contributed by atoms with van der Waals surface area (Å²) in [6.07, 6.45) is -2.86. The Bertz CT molecular complexity index is 1020. The van der Waals surface area contributed by atoms with Crippen LogP contribution in [-0.4, -0.2) is 28.7 Å². The molecule has 2 N–H and O–H groups in total. The van der Waals surface area contributed by atoms with Gasteiger partial charge in [0.2, 0.25) is 0 Å². The molecule has 2 aromatic carbocycles. The van der Waals surface area contributed by atoms with Gasteiger partial charge in [-0.15, -0.1) is 11.3 Å². The van der Waals surface area contributed by atoms with Crippen LogP contribution in [0.2, 0.25) is 0 Å². The summed E-state index contributed by atoms with van der Waals surface area (Å²) in [6, 6.07) is 15.1. The van der Waals surface area contributed by atoms with Crippen molar-refractivity contribution in [3.63, 3.8) is 0 Å². The number of benzene rings is 2. The quantitative estimate of drug-likeness (QED) is 0.242. The molecule has 4 nitrogen and oxygen atoms in total. The molecule has 0 saturated heterocycles. The molecule has 0 aliphatic heterocycles. The van der Waals surface area contributed by atoms with E-state index in [1.807, 2.05) is 48.7 Å². The highest BCUT2D eigenvalue weighted by atomic mass is 32.1. The second-order valence-electron chi connectivity index (χ2n) is 7.92. The second kappa shape index (κ2) is 13.9. The van der Waals surface area contributed by atoms with Crippen LogP contribution >= 0.6 is 11.3 Å². The maximum absolute atomic E-state index is 12.2. The summed E-state index contributed by atoms with van der Waals surface area (Å²) in [5, 5.41) is 14.9. The van der Waals surface area contributed by atoms with Gasteiger partial charge in [0.25, 0.3) is 0 Å². The van der Waals surface area contributed by atoms with E-state index in [-0.39, 0.29) is 18.8 Å². The molecule has 0 unspecified atom stereocenters. The molecule has 0 aliphatic carbocycles. The van der Waals surface area contributed by atoms with E-state index in [4.69, 9.17) is 5.11 Å². The SMILES string of the molecule is CC(=O)c1ccc(CNc2ccccc2CCCCC(F)(F)F)cc1.Cc1nc(CCO)cs1. The summed E-state index contributed by atoms with van der Waals surface area (Å²) in [6.45, 7) is 4.29. The number of aliphatic hydroxyl groups is 1. The number of carbonyl (C=O) groups is 1. The van der Waals surface area contributed by atoms with E-state index in [2.05, 4.69) is 10.3 Å². The average Bonchev–Trinajstić information content (AvgIpc) is 3.21. The predicted octanol–water partition coefficient (Wildman–Crippen LogP) is 6.76. The Morgan fingerprint density at radius 3 is 2.35 bits per heavy atom. The zero-order valence-electron chi connectivity index (χ0n) is 19.5. The van der Waals surface area contributed by atoms with E-state index < -0.39 is 12.6 Å². The summed E-state index contributed by atoms with van der Waals surface area (Å²) in [5.74, 6) is 0.0312. The lowest BCUT2D eigenvalue weighted by molar-refractivity contribution is -0.135. The Morgan fingerprint density at radius 1 is 1.06 bits per heavy atom. The number of aromatic nitrogens is 1. The van der Waals surface area contributed by atoms with Crippen molar-refractivity contribution in [2.24, 2.45) is 0 Å². The van der Waals surface area contributed by atoms with Gasteiger partial charge in [-0.25, -0.2) is 4.98 Å². The van der Waals surface area contributed by atoms with Gasteiger partial charge >= 0.3 is 6.18 Å². The van der Waals surface area contributed by atoms with Gasteiger partial charge in [-0.05, 0) is 50.3 Å². The van der Waals surface area contributed by atoms with Crippen molar-refractivity contribution >= 4 is 22.8 Å². The number of hydrogen-bond acceptors (Lipinski definition) is 5. The predicted molar refractivity (Wildman–Crippen MR) is 131 cm³/mol. The minimum absolute atomic E-state index is 0.0312. The number of carbonyl (C=O) groups excluding carboxylic acids is 1. The van der Waals surface area contributed by atoms with Crippen LogP contribution in [0.5, 0.6) is 0 Å². The minimum atomic E-state index is -4.08. The number of nitrogens with one attached hydrogen (secondary N) is 1. The highest BCUT2D eigenvalue weighted by Crippen LogP contribution is 2.24. The van der Waals surface area contributed by atoms with E-state index in [9.17, 15) is 18.0 Å². The second-order valence-corrected chi connectivity index (χ2v) is 8.98. The van der Waals surface area contributed by atoms with Gasteiger partial charge in [0.05, 0.1) is 10.7 Å². The summed E-state index contributed by atoms with van der Waals surface area (Å²) < 4.78 is 36.6. The fourth-order valence-corrected chi connectivity index (χ4v) is 3.89. The summed E-state index contributed by atoms with van der Waals surface area (Å²) >= 11 is 1.62. The number of hydrogen-bond donors (Lipinski definition) is 2. The van der Waals surface area contributed by atoms with Crippen LogP contribution in [0.4, 0.5) is 18.9 Å². The maximum atomic E-state index is 12.2. The highest BCUT2D eigenvalue weighted by Gasteiger charge is 2.25. The number of Topliss-reactive ketones (excluding diaryl/α,β-unsaturated/α-hetero) is 1. The number of anilines is 1. The lowest BCUT2D eigenvalue weighted by Gasteiger charge is -2.13.